The van der Waals surface area contributed by atoms with Crippen molar-refractivity contribution in [3.63, 3.8) is 0 Å². The third-order valence-electron chi connectivity index (χ3n) is 12.9. The fraction of sp³-hybridized carbons (Fsp3) is 0.127. The van der Waals surface area contributed by atoms with Gasteiger partial charge in [0, 0.05) is 41.9 Å². The monoisotopic (exact) mass is 888 g/mol. The van der Waals surface area contributed by atoms with E-state index in [2.05, 4.69) is 239 Å². The van der Waals surface area contributed by atoms with Crippen molar-refractivity contribution in [2.24, 2.45) is 0 Å². The Kier molecular flexibility index (Phi) is 8.45. The van der Waals surface area contributed by atoms with Gasteiger partial charge in [0.25, 0.3) is 0 Å². The van der Waals surface area contributed by atoms with Crippen LogP contribution in [0.25, 0.3) is 66.1 Å². The van der Waals surface area contributed by atoms with Gasteiger partial charge in [-0.3, -0.25) is 0 Å². The predicted octanol–water partition coefficient (Wildman–Crippen LogP) is 16.0. The highest BCUT2D eigenvalue weighted by molar-refractivity contribution is 9.10. The summed E-state index contributed by atoms with van der Waals surface area (Å²) in [6.45, 7) is 9.02. The summed E-state index contributed by atoms with van der Waals surface area (Å²) in [6, 6.07) is 64.1. The number of halogens is 2. The standard InChI is InChI=1S/C55H42Br2N2/c1-33(2)35-13-21-41(22-14-35)58-51-11-7-5-9-45(51)47-29-37(17-27-53(47)58)55(49-31-39(56)19-25-43(49)44-26-20-40(57)32-50(44)55)38-18-28-54-48(30-38)46-10-6-8-12-52(46)59(54)42-23-15-36(16-24-42)34(3)4/h5-34H,1-4H3. The molecule has 0 spiro atoms. The molecule has 4 heteroatoms. The van der Waals surface area contributed by atoms with Crippen molar-refractivity contribution >= 4 is 75.5 Å². The van der Waals surface area contributed by atoms with Crippen LogP contribution < -0.4 is 0 Å². The van der Waals surface area contributed by atoms with Crippen LogP contribution in [0.4, 0.5) is 0 Å². The van der Waals surface area contributed by atoms with Crippen molar-refractivity contribution in [3.8, 4) is 22.5 Å². The number of benzene rings is 8. The van der Waals surface area contributed by atoms with Crippen molar-refractivity contribution in [1.82, 2.24) is 9.13 Å². The molecule has 0 amide bonds. The van der Waals surface area contributed by atoms with Gasteiger partial charge in [0.2, 0.25) is 0 Å². The summed E-state index contributed by atoms with van der Waals surface area (Å²) in [5.41, 5.74) is 16.8. The summed E-state index contributed by atoms with van der Waals surface area (Å²) in [5, 5.41) is 4.98. The van der Waals surface area contributed by atoms with Gasteiger partial charge in [-0.25, -0.2) is 0 Å². The van der Waals surface area contributed by atoms with Crippen LogP contribution in [0, 0.1) is 0 Å². The van der Waals surface area contributed by atoms with E-state index in [9.17, 15) is 0 Å². The molecule has 0 saturated carbocycles. The minimum atomic E-state index is -0.620. The maximum Gasteiger partial charge on any atom is 0.0714 e. The molecule has 286 valence electrons. The molecule has 2 aromatic heterocycles. The van der Waals surface area contributed by atoms with Gasteiger partial charge < -0.3 is 9.13 Å². The van der Waals surface area contributed by atoms with E-state index in [0.717, 1.165) is 8.95 Å². The van der Waals surface area contributed by atoms with E-state index in [-0.39, 0.29) is 0 Å². The number of rotatable bonds is 6. The van der Waals surface area contributed by atoms with Crippen molar-refractivity contribution in [2.75, 3.05) is 0 Å². The van der Waals surface area contributed by atoms with E-state index in [4.69, 9.17) is 0 Å². The predicted molar refractivity (Wildman–Crippen MR) is 256 cm³/mol. The minimum Gasteiger partial charge on any atom is -0.309 e. The first-order valence-electron chi connectivity index (χ1n) is 20.6. The number of para-hydroxylation sites is 2. The molecule has 59 heavy (non-hydrogen) atoms. The van der Waals surface area contributed by atoms with Gasteiger partial charge in [0.15, 0.2) is 0 Å². The number of hydrogen-bond donors (Lipinski definition) is 0. The van der Waals surface area contributed by atoms with Crippen LogP contribution in [0.2, 0.25) is 0 Å². The van der Waals surface area contributed by atoms with Gasteiger partial charge >= 0.3 is 0 Å². The van der Waals surface area contributed by atoms with Crippen LogP contribution in [0.5, 0.6) is 0 Å². The van der Waals surface area contributed by atoms with Crippen molar-refractivity contribution in [1.29, 1.82) is 0 Å². The fourth-order valence-electron chi connectivity index (χ4n) is 10.0. The van der Waals surface area contributed by atoms with Crippen LogP contribution >= 0.6 is 31.9 Å². The summed E-state index contributed by atoms with van der Waals surface area (Å²) < 4.78 is 7.00. The Bertz CT molecular complexity index is 3070. The summed E-state index contributed by atoms with van der Waals surface area (Å²) in [5.74, 6) is 0.954. The third kappa shape index (κ3) is 5.42. The summed E-state index contributed by atoms with van der Waals surface area (Å²) >= 11 is 7.87. The van der Waals surface area contributed by atoms with Crippen LogP contribution in [0.1, 0.15) is 72.9 Å². The number of aromatic nitrogens is 2. The lowest BCUT2D eigenvalue weighted by Crippen LogP contribution is -2.28. The smallest absolute Gasteiger partial charge is 0.0714 e. The highest BCUT2D eigenvalue weighted by atomic mass is 79.9. The Balaban J connectivity index is 1.22. The Morgan fingerprint density at radius 3 is 1.19 bits per heavy atom. The Morgan fingerprint density at radius 2 is 0.780 bits per heavy atom. The van der Waals surface area contributed by atoms with Gasteiger partial charge in [0.1, 0.15) is 0 Å². The largest absolute Gasteiger partial charge is 0.309 e. The van der Waals surface area contributed by atoms with Crippen LogP contribution in [0.3, 0.4) is 0 Å². The van der Waals surface area contributed by atoms with E-state index >= 15 is 0 Å². The molecule has 2 nitrogen and oxygen atoms in total. The SMILES string of the molecule is CC(C)c1ccc(-n2c3ccccc3c3cc(C4(c5ccc6c(c5)c5ccccc5n6-c5ccc(C(C)C)cc5)c5cc(Br)ccc5-c5ccc(Br)cc54)ccc32)cc1. The molecule has 0 N–H and O–H groups in total. The highest BCUT2D eigenvalue weighted by Gasteiger charge is 2.47. The van der Waals surface area contributed by atoms with Gasteiger partial charge in [-0.05, 0) is 141 Å². The summed E-state index contributed by atoms with van der Waals surface area (Å²) in [6.07, 6.45) is 0. The Labute approximate surface area is 362 Å². The molecular weight excluding hydrogens is 848 g/mol. The topological polar surface area (TPSA) is 9.86 Å². The molecular formula is C55H42Br2N2. The minimum absolute atomic E-state index is 0.477. The quantitative estimate of drug-likeness (QED) is 0.157. The van der Waals surface area contributed by atoms with Crippen LogP contribution in [0.15, 0.2) is 179 Å². The molecule has 0 radical (unpaired) electrons. The molecule has 8 aromatic carbocycles. The molecule has 1 aliphatic rings. The van der Waals surface area contributed by atoms with Gasteiger partial charge in [-0.15, -0.1) is 0 Å². The lowest BCUT2D eigenvalue weighted by molar-refractivity contribution is 0.770. The summed E-state index contributed by atoms with van der Waals surface area (Å²) in [7, 11) is 0. The fourth-order valence-corrected chi connectivity index (χ4v) is 10.8. The van der Waals surface area contributed by atoms with E-state index in [0.29, 0.717) is 11.8 Å². The number of nitrogens with zero attached hydrogens (tertiary/aromatic N) is 2. The normalized spacial score (nSPS) is 13.4. The summed E-state index contributed by atoms with van der Waals surface area (Å²) in [4.78, 5) is 0. The first-order chi connectivity index (χ1) is 28.7. The van der Waals surface area contributed by atoms with Gasteiger partial charge in [-0.2, -0.15) is 0 Å². The van der Waals surface area contributed by atoms with E-state index < -0.39 is 5.41 Å². The average Bonchev–Trinajstić information content (AvgIpc) is 3.87. The molecule has 11 rings (SSSR count). The third-order valence-corrected chi connectivity index (χ3v) is 13.9. The highest BCUT2D eigenvalue weighted by Crippen LogP contribution is 2.58. The van der Waals surface area contributed by atoms with E-state index in [1.54, 1.807) is 0 Å². The molecule has 10 aromatic rings. The van der Waals surface area contributed by atoms with E-state index in [1.807, 2.05) is 0 Å². The van der Waals surface area contributed by atoms with Gasteiger partial charge in [-0.1, -0.05) is 144 Å². The van der Waals surface area contributed by atoms with Crippen molar-refractivity contribution in [2.45, 2.75) is 44.9 Å². The average molecular weight is 891 g/mol. The van der Waals surface area contributed by atoms with Crippen molar-refractivity contribution < 1.29 is 0 Å². The zero-order valence-electron chi connectivity index (χ0n) is 33.5. The Hall–Kier alpha value is -5.68. The molecule has 0 aliphatic heterocycles. The second-order valence-electron chi connectivity index (χ2n) is 16.8. The molecule has 0 unspecified atom stereocenters. The van der Waals surface area contributed by atoms with Crippen LogP contribution in [-0.2, 0) is 5.41 Å². The lowest BCUT2D eigenvalue weighted by Gasteiger charge is -2.34. The zero-order chi connectivity index (χ0) is 40.2. The molecule has 2 heterocycles. The lowest BCUT2D eigenvalue weighted by atomic mass is 9.67. The van der Waals surface area contributed by atoms with Crippen molar-refractivity contribution in [3.05, 3.63) is 212 Å². The molecule has 0 saturated heterocycles. The number of fused-ring (bicyclic) bond motifs is 9. The molecule has 1 aliphatic carbocycles. The molecule has 0 bridgehead atoms. The van der Waals surface area contributed by atoms with Crippen LogP contribution in [-0.4, -0.2) is 9.13 Å². The Morgan fingerprint density at radius 1 is 0.390 bits per heavy atom. The van der Waals surface area contributed by atoms with E-state index in [1.165, 1.54) is 99.5 Å². The number of hydrogen-bond acceptors (Lipinski definition) is 0. The first kappa shape index (κ1) is 36.4. The maximum absolute atomic E-state index is 3.94. The zero-order valence-corrected chi connectivity index (χ0v) is 36.6. The second kappa shape index (κ2) is 13.7. The first-order valence-corrected chi connectivity index (χ1v) is 22.2. The molecule has 0 fully saturated rings. The second-order valence-corrected chi connectivity index (χ2v) is 18.6. The molecule has 0 atom stereocenters. The van der Waals surface area contributed by atoms with Gasteiger partial charge in [0.05, 0.1) is 27.5 Å². The maximum atomic E-state index is 3.94.